The van der Waals surface area contributed by atoms with Crippen molar-refractivity contribution >= 4 is 11.8 Å². The third-order valence-corrected chi connectivity index (χ3v) is 4.65. The normalized spacial score (nSPS) is 10.3. The van der Waals surface area contributed by atoms with Crippen molar-refractivity contribution in [3.63, 3.8) is 0 Å². The number of hydrogen-bond donors (Lipinski definition) is 1. The second kappa shape index (κ2) is 9.67. The molecule has 160 valence electrons. The van der Waals surface area contributed by atoms with Crippen LogP contribution in [0.15, 0.2) is 60.7 Å². The molecule has 0 aromatic heterocycles. The highest BCUT2D eigenvalue weighted by Gasteiger charge is 2.25. The Bertz CT molecular complexity index is 1070. The van der Waals surface area contributed by atoms with E-state index in [1.54, 1.807) is 6.07 Å². The van der Waals surface area contributed by atoms with E-state index in [0.29, 0.717) is 17.2 Å². The Morgan fingerprint density at radius 1 is 0.806 bits per heavy atom. The van der Waals surface area contributed by atoms with E-state index in [1.807, 2.05) is 30.3 Å². The van der Waals surface area contributed by atoms with Crippen LogP contribution >= 0.6 is 0 Å². The zero-order valence-electron chi connectivity index (χ0n) is 17.4. The fraction of sp³-hybridized carbons (Fsp3) is 0.167. The predicted octanol–water partition coefficient (Wildman–Crippen LogP) is 4.22. The van der Waals surface area contributed by atoms with Gasteiger partial charge in [0.25, 0.3) is 0 Å². The first-order valence-electron chi connectivity index (χ1n) is 9.37. The van der Waals surface area contributed by atoms with Crippen molar-refractivity contribution in [2.24, 2.45) is 0 Å². The molecule has 3 aromatic carbocycles. The SMILES string of the molecule is COc1cc(C(=O)c2cccc(OCc3ccccc3)c2C(=O)O)cc(OC)c1OC. The zero-order valence-corrected chi connectivity index (χ0v) is 17.4. The quantitative estimate of drug-likeness (QED) is 0.516. The summed E-state index contributed by atoms with van der Waals surface area (Å²) in [7, 11) is 4.33. The first-order valence-corrected chi connectivity index (χ1v) is 9.37. The number of rotatable bonds is 9. The van der Waals surface area contributed by atoms with Crippen LogP contribution in [0.25, 0.3) is 0 Å². The lowest BCUT2D eigenvalue weighted by Gasteiger charge is -2.15. The van der Waals surface area contributed by atoms with E-state index in [2.05, 4.69) is 0 Å². The third kappa shape index (κ3) is 4.61. The minimum atomic E-state index is -1.26. The van der Waals surface area contributed by atoms with Gasteiger partial charge in [-0.15, -0.1) is 0 Å². The van der Waals surface area contributed by atoms with Gasteiger partial charge in [-0.2, -0.15) is 0 Å². The van der Waals surface area contributed by atoms with Crippen LogP contribution in [0.2, 0.25) is 0 Å². The van der Waals surface area contributed by atoms with Gasteiger partial charge in [-0.25, -0.2) is 4.79 Å². The van der Waals surface area contributed by atoms with Gasteiger partial charge in [-0.05, 0) is 29.8 Å². The first kappa shape index (κ1) is 21.7. The van der Waals surface area contributed by atoms with Crippen molar-refractivity contribution in [3.8, 4) is 23.0 Å². The Hall–Kier alpha value is -4.00. The van der Waals surface area contributed by atoms with Crippen LogP contribution in [-0.4, -0.2) is 38.2 Å². The van der Waals surface area contributed by atoms with Gasteiger partial charge in [0, 0.05) is 11.1 Å². The van der Waals surface area contributed by atoms with Gasteiger partial charge < -0.3 is 24.1 Å². The highest BCUT2D eigenvalue weighted by Crippen LogP contribution is 2.39. The molecule has 0 aliphatic heterocycles. The van der Waals surface area contributed by atoms with Gasteiger partial charge >= 0.3 is 5.97 Å². The van der Waals surface area contributed by atoms with E-state index in [-0.39, 0.29) is 29.0 Å². The number of ketones is 1. The number of carboxylic acid groups (broad SMARTS) is 1. The van der Waals surface area contributed by atoms with Crippen LogP contribution in [0.4, 0.5) is 0 Å². The van der Waals surface area contributed by atoms with Crippen molar-refractivity contribution in [1.29, 1.82) is 0 Å². The van der Waals surface area contributed by atoms with Gasteiger partial charge in [-0.3, -0.25) is 4.79 Å². The molecule has 7 heteroatoms. The van der Waals surface area contributed by atoms with Crippen molar-refractivity contribution in [2.45, 2.75) is 6.61 Å². The van der Waals surface area contributed by atoms with Crippen molar-refractivity contribution in [2.75, 3.05) is 21.3 Å². The van der Waals surface area contributed by atoms with Crippen molar-refractivity contribution in [1.82, 2.24) is 0 Å². The maximum atomic E-state index is 13.3. The van der Waals surface area contributed by atoms with Gasteiger partial charge in [0.05, 0.1) is 21.3 Å². The molecule has 0 saturated heterocycles. The molecule has 0 aliphatic carbocycles. The second-order valence-corrected chi connectivity index (χ2v) is 6.50. The standard InChI is InChI=1S/C24H22O7/c1-28-19-12-16(13-20(29-2)23(19)30-3)22(25)17-10-7-11-18(21(17)24(26)27)31-14-15-8-5-4-6-9-15/h4-13H,14H2,1-3H3,(H,26,27). The van der Waals surface area contributed by atoms with Crippen molar-refractivity contribution < 1.29 is 33.6 Å². The molecule has 31 heavy (non-hydrogen) atoms. The Morgan fingerprint density at radius 3 is 2.00 bits per heavy atom. The summed E-state index contributed by atoms with van der Waals surface area (Å²) in [5.41, 5.74) is 0.849. The number of benzene rings is 3. The average Bonchev–Trinajstić information content (AvgIpc) is 2.81. The van der Waals surface area contributed by atoms with Gasteiger partial charge in [0.15, 0.2) is 17.3 Å². The summed E-state index contributed by atoms with van der Waals surface area (Å²) < 4.78 is 21.6. The molecular weight excluding hydrogens is 400 g/mol. The summed E-state index contributed by atoms with van der Waals surface area (Å²) in [6.45, 7) is 0.170. The summed E-state index contributed by atoms with van der Waals surface area (Å²) in [6, 6.07) is 16.8. The third-order valence-electron chi connectivity index (χ3n) is 4.65. The molecule has 3 aromatic rings. The van der Waals surface area contributed by atoms with Crippen LogP contribution in [0.3, 0.4) is 0 Å². The number of ether oxygens (including phenoxy) is 4. The van der Waals surface area contributed by atoms with Gasteiger partial charge in [0.1, 0.15) is 17.9 Å². The highest BCUT2D eigenvalue weighted by atomic mass is 16.5. The highest BCUT2D eigenvalue weighted by molar-refractivity contribution is 6.15. The fourth-order valence-corrected chi connectivity index (χ4v) is 3.16. The van der Waals surface area contributed by atoms with Crippen LogP contribution in [-0.2, 0) is 6.61 Å². The topological polar surface area (TPSA) is 91.3 Å². The van der Waals surface area contributed by atoms with E-state index in [0.717, 1.165) is 5.56 Å². The second-order valence-electron chi connectivity index (χ2n) is 6.50. The molecule has 0 fully saturated rings. The molecule has 0 heterocycles. The van der Waals surface area contributed by atoms with Crippen molar-refractivity contribution in [3.05, 3.63) is 82.9 Å². The molecule has 0 bridgehead atoms. The molecule has 0 unspecified atom stereocenters. The molecule has 0 atom stereocenters. The summed E-state index contributed by atoms with van der Waals surface area (Å²) >= 11 is 0. The smallest absolute Gasteiger partial charge is 0.340 e. The Kier molecular flexibility index (Phi) is 6.77. The van der Waals surface area contributed by atoms with Crippen LogP contribution < -0.4 is 18.9 Å². The molecule has 1 N–H and O–H groups in total. The average molecular weight is 422 g/mol. The number of carboxylic acids is 1. The number of methoxy groups -OCH3 is 3. The fourth-order valence-electron chi connectivity index (χ4n) is 3.16. The minimum absolute atomic E-state index is 0.00710. The lowest BCUT2D eigenvalue weighted by atomic mass is 9.97. The number of carbonyl (C=O) groups excluding carboxylic acids is 1. The molecule has 0 spiro atoms. The van der Waals surface area contributed by atoms with E-state index in [9.17, 15) is 14.7 Å². The molecule has 0 radical (unpaired) electrons. The molecule has 7 nitrogen and oxygen atoms in total. The van der Waals surface area contributed by atoms with Crippen LogP contribution in [0.1, 0.15) is 31.8 Å². The summed E-state index contributed by atoms with van der Waals surface area (Å²) in [6.07, 6.45) is 0. The Morgan fingerprint density at radius 2 is 1.45 bits per heavy atom. The monoisotopic (exact) mass is 422 g/mol. The zero-order chi connectivity index (χ0) is 22.4. The maximum Gasteiger partial charge on any atom is 0.340 e. The maximum absolute atomic E-state index is 13.3. The van der Waals surface area contributed by atoms with Gasteiger partial charge in [-0.1, -0.05) is 36.4 Å². The Balaban J connectivity index is 2.02. The largest absolute Gasteiger partial charge is 0.493 e. The van der Waals surface area contributed by atoms with E-state index >= 15 is 0 Å². The molecular formula is C24H22O7. The molecule has 3 rings (SSSR count). The lowest BCUT2D eigenvalue weighted by Crippen LogP contribution is -2.12. The first-order chi connectivity index (χ1) is 15.0. The molecule has 0 saturated carbocycles. The predicted molar refractivity (Wildman–Crippen MR) is 114 cm³/mol. The summed E-state index contributed by atoms with van der Waals surface area (Å²) in [4.78, 5) is 25.3. The minimum Gasteiger partial charge on any atom is -0.493 e. The molecule has 0 aliphatic rings. The van der Waals surface area contributed by atoms with Gasteiger partial charge in [0.2, 0.25) is 5.75 Å². The Labute approximate surface area is 179 Å². The van der Waals surface area contributed by atoms with Crippen LogP contribution in [0, 0.1) is 0 Å². The van der Waals surface area contributed by atoms with Crippen LogP contribution in [0.5, 0.6) is 23.0 Å². The number of hydrogen-bond acceptors (Lipinski definition) is 6. The van der Waals surface area contributed by atoms with E-state index < -0.39 is 11.8 Å². The molecule has 0 amide bonds. The number of carbonyl (C=O) groups is 2. The van der Waals surface area contributed by atoms with E-state index in [4.69, 9.17) is 18.9 Å². The number of aromatic carboxylic acids is 1. The summed E-state index contributed by atoms with van der Waals surface area (Å²) in [5.74, 6) is -0.757. The summed E-state index contributed by atoms with van der Waals surface area (Å²) in [5, 5.41) is 9.82. The van der Waals surface area contributed by atoms with E-state index in [1.165, 1.54) is 45.6 Å². The lowest BCUT2D eigenvalue weighted by molar-refractivity contribution is 0.0687.